The van der Waals surface area contributed by atoms with Crippen LogP contribution in [-0.2, 0) is 11.4 Å². The summed E-state index contributed by atoms with van der Waals surface area (Å²) < 4.78 is 25.9. The van der Waals surface area contributed by atoms with Crippen molar-refractivity contribution in [2.45, 2.75) is 26.9 Å². The van der Waals surface area contributed by atoms with Crippen LogP contribution in [0.4, 0.5) is 9.18 Å². The van der Waals surface area contributed by atoms with Crippen molar-refractivity contribution in [1.29, 1.82) is 0 Å². The van der Waals surface area contributed by atoms with Crippen LogP contribution in [-0.4, -0.2) is 29.2 Å². The van der Waals surface area contributed by atoms with Gasteiger partial charge in [-0.15, -0.1) is 0 Å². The summed E-state index contributed by atoms with van der Waals surface area (Å²) in [5, 5.41) is -0.247. The molecular weight excluding hydrogens is 520 g/mol. The third-order valence-corrected chi connectivity index (χ3v) is 5.93. The predicted octanol–water partition coefficient (Wildman–Crippen LogP) is 5.85. The Kier molecular flexibility index (Phi) is 7.76. The first-order valence-electron chi connectivity index (χ1n) is 9.51. The molecule has 0 radical (unpaired) electrons. The van der Waals surface area contributed by atoms with Crippen LogP contribution in [0, 0.1) is 9.39 Å². The van der Waals surface area contributed by atoms with Gasteiger partial charge in [0.2, 0.25) is 0 Å². The Hall–Kier alpha value is -2.07. The van der Waals surface area contributed by atoms with Crippen molar-refractivity contribution in [3.05, 3.63) is 61.8 Å². The van der Waals surface area contributed by atoms with E-state index in [1.807, 2.05) is 19.9 Å². The van der Waals surface area contributed by atoms with Crippen LogP contribution in [0.3, 0.4) is 0 Å². The monoisotopic (exact) mass is 541 g/mol. The van der Waals surface area contributed by atoms with Crippen molar-refractivity contribution < 1.29 is 23.5 Å². The second kappa shape index (κ2) is 10.3. The Morgan fingerprint density at radius 3 is 2.67 bits per heavy atom. The maximum absolute atomic E-state index is 13.4. The molecule has 2 amide bonds. The number of hydrogen-bond donors (Lipinski definition) is 0. The number of halogens is 2. The number of rotatable bonds is 8. The van der Waals surface area contributed by atoms with Gasteiger partial charge in [0.1, 0.15) is 12.4 Å². The number of amides is 2. The molecule has 0 bridgehead atoms. The van der Waals surface area contributed by atoms with Gasteiger partial charge in [-0.3, -0.25) is 14.5 Å². The fourth-order valence-electron chi connectivity index (χ4n) is 2.92. The summed E-state index contributed by atoms with van der Waals surface area (Å²) in [6.07, 6.45) is 2.41. The van der Waals surface area contributed by atoms with E-state index in [0.717, 1.165) is 27.3 Å². The van der Waals surface area contributed by atoms with E-state index in [2.05, 4.69) is 22.6 Å². The van der Waals surface area contributed by atoms with Gasteiger partial charge in [0, 0.05) is 6.54 Å². The molecule has 8 heteroatoms. The largest absolute Gasteiger partial charge is 0.490 e. The molecule has 0 aliphatic carbocycles. The Morgan fingerprint density at radius 1 is 1.17 bits per heavy atom. The van der Waals surface area contributed by atoms with Crippen LogP contribution >= 0.6 is 34.4 Å². The molecule has 2 aromatic rings. The molecule has 0 spiro atoms. The number of hydrogen-bond acceptors (Lipinski definition) is 5. The summed E-state index contributed by atoms with van der Waals surface area (Å²) in [5.74, 6) is 0.493. The molecule has 5 nitrogen and oxygen atoms in total. The van der Waals surface area contributed by atoms with Crippen LogP contribution in [0.5, 0.6) is 11.5 Å². The zero-order chi connectivity index (χ0) is 21.7. The van der Waals surface area contributed by atoms with Gasteiger partial charge in [0.05, 0.1) is 15.1 Å². The van der Waals surface area contributed by atoms with Crippen molar-refractivity contribution in [2.75, 3.05) is 13.2 Å². The molecule has 3 rings (SSSR count). The predicted molar refractivity (Wildman–Crippen MR) is 124 cm³/mol. The van der Waals surface area contributed by atoms with Gasteiger partial charge in [-0.05, 0) is 89.2 Å². The van der Waals surface area contributed by atoms with Crippen LogP contribution < -0.4 is 9.47 Å². The highest BCUT2D eigenvalue weighted by Gasteiger charge is 2.34. The van der Waals surface area contributed by atoms with E-state index in [0.29, 0.717) is 35.1 Å². The van der Waals surface area contributed by atoms with Crippen LogP contribution in [0.15, 0.2) is 41.3 Å². The summed E-state index contributed by atoms with van der Waals surface area (Å²) in [6, 6.07) is 9.87. The molecule has 0 atom stereocenters. The van der Waals surface area contributed by atoms with Gasteiger partial charge < -0.3 is 9.47 Å². The fourth-order valence-corrected chi connectivity index (χ4v) is 4.57. The molecule has 0 N–H and O–H groups in total. The van der Waals surface area contributed by atoms with Crippen molar-refractivity contribution in [3.63, 3.8) is 0 Å². The smallest absolute Gasteiger partial charge is 0.293 e. The second-order valence-corrected chi connectivity index (χ2v) is 8.67. The zero-order valence-corrected chi connectivity index (χ0v) is 19.6. The van der Waals surface area contributed by atoms with Crippen molar-refractivity contribution in [2.24, 2.45) is 0 Å². The second-order valence-electron chi connectivity index (χ2n) is 6.51. The average Bonchev–Trinajstić information content (AvgIpc) is 2.95. The summed E-state index contributed by atoms with van der Waals surface area (Å²) in [7, 11) is 0. The first kappa shape index (κ1) is 22.6. The molecule has 0 unspecified atom stereocenters. The van der Waals surface area contributed by atoms with E-state index in [9.17, 15) is 14.0 Å². The minimum Gasteiger partial charge on any atom is -0.490 e. The summed E-state index contributed by atoms with van der Waals surface area (Å²) in [4.78, 5) is 26.2. The molecule has 1 aliphatic heterocycles. The van der Waals surface area contributed by atoms with Crippen molar-refractivity contribution >= 4 is 51.6 Å². The van der Waals surface area contributed by atoms with E-state index in [-0.39, 0.29) is 23.6 Å². The molecule has 158 valence electrons. The van der Waals surface area contributed by atoms with E-state index >= 15 is 0 Å². The number of ether oxygens (including phenoxy) is 2. The van der Waals surface area contributed by atoms with Gasteiger partial charge in [0.15, 0.2) is 11.5 Å². The van der Waals surface area contributed by atoms with Gasteiger partial charge >= 0.3 is 0 Å². The van der Waals surface area contributed by atoms with Gasteiger partial charge in [-0.1, -0.05) is 19.1 Å². The molecule has 1 heterocycles. The Labute approximate surface area is 192 Å². The lowest BCUT2D eigenvalue weighted by atomic mass is 10.1. The minimum atomic E-state index is -0.316. The standard InChI is InChI=1S/C22H21FINO4S/c1-3-8-25-21(26)19(30-22(25)27)12-15-10-17(24)20(18(11-15)28-4-2)29-13-14-6-5-7-16(23)9-14/h5-7,9-12H,3-4,8,13H2,1-2H3/b19-12+. The highest BCUT2D eigenvalue weighted by Crippen LogP contribution is 2.38. The van der Waals surface area contributed by atoms with Gasteiger partial charge in [-0.2, -0.15) is 0 Å². The summed E-state index contributed by atoms with van der Waals surface area (Å²) in [6.45, 7) is 4.83. The number of imide groups is 1. The first-order valence-corrected chi connectivity index (χ1v) is 11.4. The third-order valence-electron chi connectivity index (χ3n) is 4.22. The SMILES string of the molecule is CCCN1C(=O)S/C(=C/c2cc(I)c(OCc3cccc(F)c3)c(OCC)c2)C1=O. The Morgan fingerprint density at radius 2 is 1.97 bits per heavy atom. The summed E-state index contributed by atoms with van der Waals surface area (Å²) >= 11 is 3.08. The quantitative estimate of drug-likeness (QED) is 0.310. The van der Waals surface area contributed by atoms with E-state index in [1.165, 1.54) is 17.0 Å². The lowest BCUT2D eigenvalue weighted by molar-refractivity contribution is -0.122. The summed E-state index contributed by atoms with van der Waals surface area (Å²) in [5.41, 5.74) is 1.45. The Balaban J connectivity index is 1.86. The first-order chi connectivity index (χ1) is 14.4. The molecular formula is C22H21FINO4S. The molecule has 1 fully saturated rings. The van der Waals surface area contributed by atoms with Gasteiger partial charge in [-0.25, -0.2) is 4.39 Å². The zero-order valence-electron chi connectivity index (χ0n) is 16.6. The normalized spacial score (nSPS) is 15.2. The maximum Gasteiger partial charge on any atom is 0.293 e. The average molecular weight is 541 g/mol. The Bertz CT molecular complexity index is 995. The molecule has 1 aliphatic rings. The number of carbonyl (C=O) groups is 2. The molecule has 0 aromatic heterocycles. The number of nitrogens with zero attached hydrogens (tertiary/aromatic N) is 1. The molecule has 2 aromatic carbocycles. The number of benzene rings is 2. The van der Waals surface area contributed by atoms with E-state index < -0.39 is 0 Å². The minimum absolute atomic E-state index is 0.198. The van der Waals surface area contributed by atoms with Crippen molar-refractivity contribution in [1.82, 2.24) is 4.90 Å². The topological polar surface area (TPSA) is 55.8 Å². The number of thioether (sulfide) groups is 1. The van der Waals surface area contributed by atoms with Crippen LogP contribution in [0.25, 0.3) is 6.08 Å². The highest BCUT2D eigenvalue weighted by molar-refractivity contribution is 14.1. The third kappa shape index (κ3) is 5.34. The fraction of sp³-hybridized carbons (Fsp3) is 0.273. The maximum atomic E-state index is 13.4. The van der Waals surface area contributed by atoms with E-state index in [1.54, 1.807) is 24.3 Å². The van der Waals surface area contributed by atoms with Crippen LogP contribution in [0.1, 0.15) is 31.4 Å². The van der Waals surface area contributed by atoms with Crippen molar-refractivity contribution in [3.8, 4) is 11.5 Å². The molecule has 30 heavy (non-hydrogen) atoms. The van der Waals surface area contributed by atoms with Crippen LogP contribution in [0.2, 0.25) is 0 Å². The molecule has 0 saturated carbocycles. The lowest BCUT2D eigenvalue weighted by Crippen LogP contribution is -2.28. The number of carbonyl (C=O) groups excluding carboxylic acids is 2. The highest BCUT2D eigenvalue weighted by atomic mass is 127. The van der Waals surface area contributed by atoms with E-state index in [4.69, 9.17) is 9.47 Å². The van der Waals surface area contributed by atoms with Gasteiger partial charge in [0.25, 0.3) is 11.1 Å². The lowest BCUT2D eigenvalue weighted by Gasteiger charge is -2.15. The molecule has 1 saturated heterocycles.